The second-order valence-electron chi connectivity index (χ2n) is 2.51. The van der Waals surface area contributed by atoms with Gasteiger partial charge in [0.05, 0.1) is 0 Å². The first-order chi connectivity index (χ1) is 5.16. The van der Waals surface area contributed by atoms with Crippen LogP contribution in [0, 0.1) is 0 Å². The van der Waals surface area contributed by atoms with Crippen LogP contribution in [0.5, 0.6) is 0 Å². The molecule has 2 heteroatoms. The normalized spacial score (nSPS) is 11.2. The summed E-state index contributed by atoms with van der Waals surface area (Å²) in [5, 5.41) is 8.34. The Morgan fingerprint density at radius 1 is 1.64 bits per heavy atom. The van der Waals surface area contributed by atoms with Crippen LogP contribution in [0.4, 0.5) is 0 Å². The molecule has 0 unspecified atom stereocenters. The molecule has 11 heavy (non-hydrogen) atoms. The van der Waals surface area contributed by atoms with Crippen molar-refractivity contribution in [2.45, 2.75) is 26.2 Å². The summed E-state index contributed by atoms with van der Waals surface area (Å²) in [7, 11) is 0. The van der Waals surface area contributed by atoms with E-state index >= 15 is 0 Å². The topological polar surface area (TPSA) is 37.3 Å². The molecule has 0 aromatic carbocycles. The average Bonchev–Trinajstić information content (AvgIpc) is 1.86. The minimum Gasteiger partial charge on any atom is -0.478 e. The Hall–Kier alpha value is -1.05. The number of carboxylic acid groups (broad SMARTS) is 1. The second kappa shape index (κ2) is 5.71. The minimum atomic E-state index is -0.860. The maximum atomic E-state index is 10.1. The lowest BCUT2D eigenvalue weighted by Crippen LogP contribution is -1.89. The lowest BCUT2D eigenvalue weighted by molar-refractivity contribution is -0.131. The van der Waals surface area contributed by atoms with E-state index in [1.54, 1.807) is 0 Å². The van der Waals surface area contributed by atoms with Crippen molar-refractivity contribution < 1.29 is 9.90 Å². The average molecular weight is 154 g/mol. The molecule has 0 amide bonds. The quantitative estimate of drug-likeness (QED) is 0.375. The van der Waals surface area contributed by atoms with Gasteiger partial charge in [-0.15, -0.1) is 6.58 Å². The van der Waals surface area contributed by atoms with Crippen molar-refractivity contribution in [3.8, 4) is 0 Å². The number of aliphatic carboxylic acids is 1. The Kier molecular flexibility index (Phi) is 5.17. The van der Waals surface area contributed by atoms with E-state index in [1.165, 1.54) is 6.08 Å². The van der Waals surface area contributed by atoms with Crippen molar-refractivity contribution in [1.29, 1.82) is 0 Å². The summed E-state index contributed by atoms with van der Waals surface area (Å²) < 4.78 is 0. The number of carbonyl (C=O) groups is 1. The van der Waals surface area contributed by atoms with Gasteiger partial charge in [-0.1, -0.05) is 11.6 Å². The van der Waals surface area contributed by atoms with Gasteiger partial charge in [0.25, 0.3) is 0 Å². The highest BCUT2D eigenvalue weighted by Crippen LogP contribution is 2.05. The lowest BCUT2D eigenvalue weighted by atomic mass is 10.1. The van der Waals surface area contributed by atoms with Gasteiger partial charge in [0.1, 0.15) is 0 Å². The van der Waals surface area contributed by atoms with Crippen molar-refractivity contribution in [2.75, 3.05) is 0 Å². The molecule has 0 aliphatic rings. The number of unbranched alkanes of at least 4 members (excludes halogenated alkanes) is 1. The fourth-order valence-corrected chi connectivity index (χ4v) is 0.808. The predicted molar refractivity (Wildman–Crippen MR) is 45.4 cm³/mol. The highest BCUT2D eigenvalue weighted by atomic mass is 16.4. The van der Waals surface area contributed by atoms with Crippen LogP contribution in [-0.4, -0.2) is 11.1 Å². The zero-order chi connectivity index (χ0) is 8.69. The highest BCUT2D eigenvalue weighted by molar-refractivity contribution is 5.80. The van der Waals surface area contributed by atoms with Crippen LogP contribution < -0.4 is 0 Å². The Labute approximate surface area is 67.2 Å². The van der Waals surface area contributed by atoms with Crippen LogP contribution in [0.3, 0.4) is 0 Å². The molecule has 0 fully saturated rings. The van der Waals surface area contributed by atoms with Crippen molar-refractivity contribution >= 4 is 5.97 Å². The maximum Gasteiger partial charge on any atom is 0.328 e. The van der Waals surface area contributed by atoms with E-state index in [1.807, 2.05) is 13.0 Å². The first-order valence-corrected chi connectivity index (χ1v) is 3.68. The number of allylic oxidation sites excluding steroid dienone is 2. The first kappa shape index (κ1) is 9.95. The van der Waals surface area contributed by atoms with Gasteiger partial charge in [0.15, 0.2) is 0 Å². The van der Waals surface area contributed by atoms with Crippen LogP contribution in [0.1, 0.15) is 26.2 Å². The van der Waals surface area contributed by atoms with E-state index in [9.17, 15) is 4.79 Å². The van der Waals surface area contributed by atoms with Crippen LogP contribution in [-0.2, 0) is 4.79 Å². The Bertz CT molecular complexity index is 168. The molecule has 62 valence electrons. The van der Waals surface area contributed by atoms with Crippen LogP contribution in [0.25, 0.3) is 0 Å². The van der Waals surface area contributed by atoms with E-state index in [0.29, 0.717) is 0 Å². The summed E-state index contributed by atoms with van der Waals surface area (Å²) in [5.74, 6) is -0.860. The van der Waals surface area contributed by atoms with Gasteiger partial charge >= 0.3 is 5.97 Å². The monoisotopic (exact) mass is 154 g/mol. The zero-order valence-corrected chi connectivity index (χ0v) is 6.84. The van der Waals surface area contributed by atoms with E-state index in [4.69, 9.17) is 5.11 Å². The summed E-state index contributed by atoms with van der Waals surface area (Å²) in [5.41, 5.74) is 0.916. The van der Waals surface area contributed by atoms with Crippen LogP contribution in [0.2, 0.25) is 0 Å². The van der Waals surface area contributed by atoms with Crippen LogP contribution in [0.15, 0.2) is 24.3 Å². The van der Waals surface area contributed by atoms with E-state index in [2.05, 4.69) is 6.58 Å². The summed E-state index contributed by atoms with van der Waals surface area (Å²) in [6.45, 7) is 5.41. The van der Waals surface area contributed by atoms with E-state index in [0.717, 1.165) is 24.8 Å². The molecule has 0 aromatic rings. The van der Waals surface area contributed by atoms with Crippen molar-refractivity contribution in [2.24, 2.45) is 0 Å². The Balaban J connectivity index is 3.59. The molecule has 0 saturated carbocycles. The zero-order valence-electron chi connectivity index (χ0n) is 6.84. The van der Waals surface area contributed by atoms with Gasteiger partial charge in [-0.25, -0.2) is 4.79 Å². The second-order valence-corrected chi connectivity index (χ2v) is 2.51. The first-order valence-electron chi connectivity index (χ1n) is 3.68. The van der Waals surface area contributed by atoms with Crippen molar-refractivity contribution in [1.82, 2.24) is 0 Å². The number of rotatable bonds is 5. The number of hydrogen-bond acceptors (Lipinski definition) is 1. The molecule has 0 atom stereocenters. The Morgan fingerprint density at radius 3 is 2.73 bits per heavy atom. The SMILES string of the molecule is C=CCCCC(C)=CC(=O)O. The molecule has 0 saturated heterocycles. The molecular formula is C9H14O2. The predicted octanol–water partition coefficient (Wildman–Crippen LogP) is 2.37. The van der Waals surface area contributed by atoms with E-state index < -0.39 is 5.97 Å². The molecule has 0 heterocycles. The summed E-state index contributed by atoms with van der Waals surface area (Å²) in [6, 6.07) is 0. The van der Waals surface area contributed by atoms with Crippen molar-refractivity contribution in [3.63, 3.8) is 0 Å². The number of hydrogen-bond donors (Lipinski definition) is 1. The standard InChI is InChI=1S/C9H14O2/c1-3-4-5-6-8(2)7-9(10)11/h3,7H,1,4-6H2,2H3,(H,10,11). The van der Waals surface area contributed by atoms with Gasteiger partial charge in [0, 0.05) is 6.08 Å². The summed E-state index contributed by atoms with van der Waals surface area (Å²) in [6.07, 6.45) is 5.87. The highest BCUT2D eigenvalue weighted by Gasteiger charge is 1.92. The minimum absolute atomic E-state index is 0.846. The molecular weight excluding hydrogens is 140 g/mol. The molecule has 0 bridgehead atoms. The third-order valence-corrected chi connectivity index (χ3v) is 1.35. The van der Waals surface area contributed by atoms with Gasteiger partial charge in [0.2, 0.25) is 0 Å². The molecule has 0 aliphatic heterocycles. The lowest BCUT2D eigenvalue weighted by Gasteiger charge is -1.96. The van der Waals surface area contributed by atoms with Gasteiger partial charge < -0.3 is 5.11 Å². The molecule has 1 N–H and O–H groups in total. The molecule has 0 spiro atoms. The fraction of sp³-hybridized carbons (Fsp3) is 0.444. The van der Waals surface area contributed by atoms with E-state index in [-0.39, 0.29) is 0 Å². The maximum absolute atomic E-state index is 10.1. The third-order valence-electron chi connectivity index (χ3n) is 1.35. The summed E-state index contributed by atoms with van der Waals surface area (Å²) >= 11 is 0. The van der Waals surface area contributed by atoms with Gasteiger partial charge in [-0.3, -0.25) is 0 Å². The van der Waals surface area contributed by atoms with Crippen LogP contribution >= 0.6 is 0 Å². The summed E-state index contributed by atoms with van der Waals surface area (Å²) in [4.78, 5) is 10.1. The molecule has 0 aromatic heterocycles. The molecule has 0 aliphatic carbocycles. The molecule has 0 rings (SSSR count). The van der Waals surface area contributed by atoms with Gasteiger partial charge in [-0.2, -0.15) is 0 Å². The Morgan fingerprint density at radius 2 is 2.27 bits per heavy atom. The number of carboxylic acids is 1. The molecule has 2 nitrogen and oxygen atoms in total. The van der Waals surface area contributed by atoms with Crippen molar-refractivity contribution in [3.05, 3.63) is 24.3 Å². The largest absolute Gasteiger partial charge is 0.478 e. The molecule has 0 radical (unpaired) electrons. The third kappa shape index (κ3) is 6.84. The van der Waals surface area contributed by atoms with Gasteiger partial charge in [-0.05, 0) is 26.2 Å². The smallest absolute Gasteiger partial charge is 0.328 e. The fourth-order valence-electron chi connectivity index (χ4n) is 0.808.